The highest BCUT2D eigenvalue weighted by molar-refractivity contribution is 6.30. The number of nitrogens with zero attached hydrogens (tertiary/aromatic N) is 3. The minimum absolute atomic E-state index is 0.0856. The van der Waals surface area contributed by atoms with Crippen LogP contribution in [0.5, 0.6) is 0 Å². The molecule has 0 bridgehead atoms. The van der Waals surface area contributed by atoms with Gasteiger partial charge in [-0.3, -0.25) is 9.59 Å². The number of aromatic nitrogens is 3. The fourth-order valence-corrected chi connectivity index (χ4v) is 3.03. The number of carbonyl (C=O) groups excluding carboxylic acids is 2. The fourth-order valence-electron chi connectivity index (χ4n) is 2.81. The van der Waals surface area contributed by atoms with Crippen molar-refractivity contribution in [2.24, 2.45) is 0 Å². The van der Waals surface area contributed by atoms with Crippen LogP contribution in [-0.2, 0) is 29.1 Å². The predicted molar refractivity (Wildman–Crippen MR) is 88.2 cm³/mol. The van der Waals surface area contributed by atoms with E-state index in [2.05, 4.69) is 20.8 Å². The summed E-state index contributed by atoms with van der Waals surface area (Å²) < 4.78 is 1.82. The minimum Gasteiger partial charge on any atom is -0.350 e. The van der Waals surface area contributed by atoms with Crippen molar-refractivity contribution in [1.82, 2.24) is 25.4 Å². The maximum Gasteiger partial charge on any atom is 0.243 e. The molecule has 2 N–H and O–H groups in total. The van der Waals surface area contributed by atoms with E-state index in [1.165, 1.54) is 6.92 Å². The standard InChI is InChI=1S/C16H18ClN5O2/c1-10(23)18-9-15-21-20-14-6-5-13(22(14)15)16(24)19-8-11-3-2-4-12(17)7-11/h2-4,7,13H,5-6,8-9H2,1H3,(H,18,23)(H,19,24). The van der Waals surface area contributed by atoms with E-state index in [1.54, 1.807) is 6.07 Å². The van der Waals surface area contributed by atoms with Crippen LogP contribution < -0.4 is 10.6 Å². The predicted octanol–water partition coefficient (Wildman–Crippen LogP) is 1.37. The van der Waals surface area contributed by atoms with Gasteiger partial charge in [-0.05, 0) is 24.1 Å². The third kappa shape index (κ3) is 3.56. The van der Waals surface area contributed by atoms with Gasteiger partial charge in [-0.15, -0.1) is 10.2 Å². The first kappa shape index (κ1) is 16.4. The summed E-state index contributed by atoms with van der Waals surface area (Å²) in [6.45, 7) is 2.12. The fraction of sp³-hybridized carbons (Fsp3) is 0.375. The van der Waals surface area contributed by atoms with Crippen LogP contribution >= 0.6 is 11.6 Å². The molecule has 0 saturated heterocycles. The largest absolute Gasteiger partial charge is 0.350 e. The Balaban J connectivity index is 1.67. The van der Waals surface area contributed by atoms with Crippen LogP contribution in [0.4, 0.5) is 0 Å². The molecule has 8 heteroatoms. The van der Waals surface area contributed by atoms with E-state index in [0.717, 1.165) is 11.4 Å². The molecule has 1 aliphatic rings. The van der Waals surface area contributed by atoms with E-state index in [4.69, 9.17) is 11.6 Å². The zero-order valence-corrected chi connectivity index (χ0v) is 14.0. The minimum atomic E-state index is -0.349. The quantitative estimate of drug-likeness (QED) is 0.855. The second-order valence-corrected chi connectivity index (χ2v) is 6.15. The Bertz CT molecular complexity index is 774. The van der Waals surface area contributed by atoms with Crippen LogP contribution in [-0.4, -0.2) is 26.6 Å². The van der Waals surface area contributed by atoms with Gasteiger partial charge in [-0.25, -0.2) is 0 Å². The molecule has 3 rings (SSSR count). The van der Waals surface area contributed by atoms with Crippen molar-refractivity contribution in [2.45, 2.75) is 38.9 Å². The summed E-state index contributed by atoms with van der Waals surface area (Å²) >= 11 is 5.95. The number of halogens is 1. The Morgan fingerprint density at radius 3 is 2.88 bits per heavy atom. The first-order chi connectivity index (χ1) is 11.5. The summed E-state index contributed by atoms with van der Waals surface area (Å²) in [7, 11) is 0. The summed E-state index contributed by atoms with van der Waals surface area (Å²) in [6, 6.07) is 7.03. The Morgan fingerprint density at radius 2 is 2.12 bits per heavy atom. The summed E-state index contributed by atoms with van der Waals surface area (Å²) in [5.41, 5.74) is 0.941. The number of fused-ring (bicyclic) bond motifs is 1. The van der Waals surface area contributed by atoms with Crippen molar-refractivity contribution in [2.75, 3.05) is 0 Å². The summed E-state index contributed by atoms with van der Waals surface area (Å²) in [5, 5.41) is 14.4. The van der Waals surface area contributed by atoms with Crippen LogP contribution in [0.15, 0.2) is 24.3 Å². The molecule has 0 fully saturated rings. The number of nitrogens with one attached hydrogen (secondary N) is 2. The third-order valence-corrected chi connectivity index (χ3v) is 4.18. The highest BCUT2D eigenvalue weighted by Crippen LogP contribution is 2.26. The van der Waals surface area contributed by atoms with Crippen molar-refractivity contribution in [1.29, 1.82) is 0 Å². The average molecular weight is 348 g/mol. The van der Waals surface area contributed by atoms with Crippen LogP contribution in [0.3, 0.4) is 0 Å². The average Bonchev–Trinajstić information content (AvgIpc) is 3.12. The van der Waals surface area contributed by atoms with Crippen molar-refractivity contribution < 1.29 is 9.59 Å². The smallest absolute Gasteiger partial charge is 0.243 e. The molecule has 1 aliphatic heterocycles. The van der Waals surface area contributed by atoms with E-state index in [0.29, 0.717) is 30.2 Å². The van der Waals surface area contributed by atoms with Gasteiger partial charge in [0.05, 0.1) is 6.54 Å². The molecule has 126 valence electrons. The van der Waals surface area contributed by atoms with Crippen molar-refractivity contribution in [3.8, 4) is 0 Å². The normalized spacial score (nSPS) is 15.8. The van der Waals surface area contributed by atoms with E-state index >= 15 is 0 Å². The van der Waals surface area contributed by atoms with Gasteiger partial charge in [0.25, 0.3) is 0 Å². The molecule has 0 aliphatic carbocycles. The third-order valence-electron chi connectivity index (χ3n) is 3.94. The Hall–Kier alpha value is -2.41. The van der Waals surface area contributed by atoms with Crippen LogP contribution in [0.25, 0.3) is 0 Å². The van der Waals surface area contributed by atoms with E-state index < -0.39 is 0 Å². The van der Waals surface area contributed by atoms with E-state index in [9.17, 15) is 9.59 Å². The first-order valence-electron chi connectivity index (χ1n) is 7.74. The van der Waals surface area contributed by atoms with E-state index in [-0.39, 0.29) is 24.4 Å². The van der Waals surface area contributed by atoms with Crippen molar-refractivity contribution in [3.63, 3.8) is 0 Å². The van der Waals surface area contributed by atoms with Crippen molar-refractivity contribution >= 4 is 23.4 Å². The van der Waals surface area contributed by atoms with Gasteiger partial charge in [0, 0.05) is 24.9 Å². The molecule has 0 spiro atoms. The van der Waals surface area contributed by atoms with E-state index in [1.807, 2.05) is 22.8 Å². The number of amides is 2. The molecule has 2 aromatic rings. The highest BCUT2D eigenvalue weighted by atomic mass is 35.5. The summed E-state index contributed by atoms with van der Waals surface area (Å²) in [4.78, 5) is 23.6. The molecule has 1 aromatic heterocycles. The Labute approximate surface area is 144 Å². The SMILES string of the molecule is CC(=O)NCc1nnc2n1C(C(=O)NCc1cccc(Cl)c1)CC2. The molecule has 1 unspecified atom stereocenters. The lowest BCUT2D eigenvalue weighted by Gasteiger charge is -2.15. The number of carbonyl (C=O) groups is 2. The van der Waals surface area contributed by atoms with Crippen LogP contribution in [0.2, 0.25) is 5.02 Å². The molecule has 7 nitrogen and oxygen atoms in total. The number of hydrogen-bond acceptors (Lipinski definition) is 4. The summed E-state index contributed by atoms with van der Waals surface area (Å²) in [5.74, 6) is 1.14. The first-order valence-corrected chi connectivity index (χ1v) is 8.11. The summed E-state index contributed by atoms with van der Waals surface area (Å²) in [6.07, 6.45) is 1.38. The van der Waals surface area contributed by atoms with Gasteiger partial charge in [0.2, 0.25) is 11.8 Å². The molecule has 0 radical (unpaired) electrons. The van der Waals surface area contributed by atoms with Crippen molar-refractivity contribution in [3.05, 3.63) is 46.5 Å². The maximum absolute atomic E-state index is 12.5. The number of rotatable bonds is 5. The lowest BCUT2D eigenvalue weighted by Crippen LogP contribution is -2.32. The van der Waals surface area contributed by atoms with Gasteiger partial charge in [-0.1, -0.05) is 23.7 Å². The molecular formula is C16H18ClN5O2. The van der Waals surface area contributed by atoms with Gasteiger partial charge in [-0.2, -0.15) is 0 Å². The molecule has 1 aromatic carbocycles. The lowest BCUT2D eigenvalue weighted by molar-refractivity contribution is -0.124. The number of aryl methyl sites for hydroxylation is 1. The van der Waals surface area contributed by atoms with Gasteiger partial charge < -0.3 is 15.2 Å². The zero-order chi connectivity index (χ0) is 17.1. The number of benzene rings is 1. The lowest BCUT2D eigenvalue weighted by atomic mass is 10.2. The number of hydrogen-bond donors (Lipinski definition) is 2. The van der Waals surface area contributed by atoms with Gasteiger partial charge in [0.1, 0.15) is 11.9 Å². The van der Waals surface area contributed by atoms with Gasteiger partial charge in [0.15, 0.2) is 5.82 Å². The molecule has 24 heavy (non-hydrogen) atoms. The molecule has 2 heterocycles. The highest BCUT2D eigenvalue weighted by Gasteiger charge is 2.32. The zero-order valence-electron chi connectivity index (χ0n) is 13.3. The van der Waals surface area contributed by atoms with Gasteiger partial charge >= 0.3 is 0 Å². The molecule has 0 saturated carbocycles. The second-order valence-electron chi connectivity index (χ2n) is 5.71. The molecular weight excluding hydrogens is 330 g/mol. The van der Waals surface area contributed by atoms with Crippen LogP contribution in [0, 0.1) is 0 Å². The topological polar surface area (TPSA) is 88.9 Å². The Morgan fingerprint density at radius 1 is 1.29 bits per heavy atom. The molecule has 1 atom stereocenters. The Kier molecular flexibility index (Phi) is 4.80. The second kappa shape index (κ2) is 7.00. The monoisotopic (exact) mass is 347 g/mol. The maximum atomic E-state index is 12.5. The molecule has 2 amide bonds. The van der Waals surface area contributed by atoms with Crippen LogP contribution in [0.1, 0.15) is 36.6 Å².